The molecular weight excluding hydrogens is 126 g/mol. The van der Waals surface area contributed by atoms with Crippen LogP contribution in [0.15, 0.2) is 5.16 Å². The minimum absolute atomic E-state index is 0.122. The summed E-state index contributed by atoms with van der Waals surface area (Å²) < 4.78 is 0. The van der Waals surface area contributed by atoms with E-state index in [2.05, 4.69) is 5.16 Å². The highest BCUT2D eigenvalue weighted by atomic mass is 16.6. The van der Waals surface area contributed by atoms with Gasteiger partial charge in [0.1, 0.15) is 5.60 Å². The molecule has 1 saturated carbocycles. The molecule has 0 heterocycles. The highest BCUT2D eigenvalue weighted by Gasteiger charge is 2.14. The molecule has 0 aromatic heterocycles. The molecule has 0 aromatic rings. The fourth-order valence-corrected chi connectivity index (χ4v) is 0.628. The maximum Gasteiger partial charge on any atom is 0.129 e. The number of hydrogen-bond acceptors (Lipinski definition) is 2. The topological polar surface area (TPSA) is 21.6 Å². The lowest BCUT2D eigenvalue weighted by molar-refractivity contribution is -0.000454. The van der Waals surface area contributed by atoms with Crippen LogP contribution in [0.2, 0.25) is 0 Å². The second-order valence-corrected chi connectivity index (χ2v) is 3.71. The Labute approximate surface area is 62.3 Å². The third-order valence-electron chi connectivity index (χ3n) is 1.38. The summed E-state index contributed by atoms with van der Waals surface area (Å²) in [5, 5.41) is 4.02. The van der Waals surface area contributed by atoms with Crippen molar-refractivity contribution in [1.29, 1.82) is 0 Å². The van der Waals surface area contributed by atoms with Crippen LogP contribution >= 0.6 is 0 Å². The fraction of sp³-hybridized carbons (Fsp3) is 0.875. The second-order valence-electron chi connectivity index (χ2n) is 3.71. The Morgan fingerprint density at radius 1 is 1.30 bits per heavy atom. The average molecular weight is 141 g/mol. The van der Waals surface area contributed by atoms with Crippen molar-refractivity contribution in [3.63, 3.8) is 0 Å². The van der Waals surface area contributed by atoms with Crippen molar-refractivity contribution in [1.82, 2.24) is 0 Å². The molecular formula is C8H15NO. The Kier molecular flexibility index (Phi) is 1.97. The zero-order valence-electron chi connectivity index (χ0n) is 6.98. The van der Waals surface area contributed by atoms with E-state index in [0.717, 1.165) is 12.8 Å². The van der Waals surface area contributed by atoms with Gasteiger partial charge in [0.05, 0.1) is 5.71 Å². The van der Waals surface area contributed by atoms with Gasteiger partial charge in [0.15, 0.2) is 0 Å². The molecule has 0 unspecified atom stereocenters. The standard InChI is InChI=1S/C8H15NO/c1-8(2,3)10-9-7-5-4-6-7/h4-6H2,1-3H3. The SMILES string of the molecule is CC(C)(C)ON=C1CCC1. The van der Waals surface area contributed by atoms with Gasteiger partial charge in [-0.15, -0.1) is 0 Å². The molecule has 0 amide bonds. The van der Waals surface area contributed by atoms with E-state index in [4.69, 9.17) is 4.84 Å². The Morgan fingerprint density at radius 3 is 2.20 bits per heavy atom. The highest BCUT2D eigenvalue weighted by Crippen LogP contribution is 2.16. The van der Waals surface area contributed by atoms with E-state index < -0.39 is 0 Å². The molecule has 1 aliphatic rings. The zero-order valence-corrected chi connectivity index (χ0v) is 6.98. The normalized spacial score (nSPS) is 18.1. The van der Waals surface area contributed by atoms with Crippen LogP contribution in [0.25, 0.3) is 0 Å². The van der Waals surface area contributed by atoms with E-state index in [-0.39, 0.29) is 5.60 Å². The summed E-state index contributed by atoms with van der Waals surface area (Å²) >= 11 is 0. The van der Waals surface area contributed by atoms with Crippen LogP contribution in [0.3, 0.4) is 0 Å². The van der Waals surface area contributed by atoms with E-state index in [1.165, 1.54) is 12.1 Å². The molecule has 2 heteroatoms. The van der Waals surface area contributed by atoms with Gasteiger partial charge in [-0.1, -0.05) is 5.16 Å². The first kappa shape index (κ1) is 7.58. The second kappa shape index (κ2) is 2.60. The molecule has 0 aromatic carbocycles. The van der Waals surface area contributed by atoms with E-state index in [0.29, 0.717) is 0 Å². The van der Waals surface area contributed by atoms with Crippen LogP contribution in [0.4, 0.5) is 0 Å². The average Bonchev–Trinajstić information content (AvgIpc) is 1.56. The maximum atomic E-state index is 5.22. The van der Waals surface area contributed by atoms with E-state index in [9.17, 15) is 0 Å². The molecule has 0 radical (unpaired) electrons. The van der Waals surface area contributed by atoms with E-state index in [1.807, 2.05) is 20.8 Å². The lowest BCUT2D eigenvalue weighted by Gasteiger charge is -2.19. The highest BCUT2D eigenvalue weighted by molar-refractivity contribution is 5.88. The van der Waals surface area contributed by atoms with Crippen LogP contribution in [0.5, 0.6) is 0 Å². The summed E-state index contributed by atoms with van der Waals surface area (Å²) in [5.41, 5.74) is 1.10. The van der Waals surface area contributed by atoms with E-state index >= 15 is 0 Å². The first-order valence-electron chi connectivity index (χ1n) is 3.82. The molecule has 1 rings (SSSR count). The van der Waals surface area contributed by atoms with Gasteiger partial charge in [-0.3, -0.25) is 0 Å². The van der Waals surface area contributed by atoms with Crippen molar-refractivity contribution < 1.29 is 4.84 Å². The third-order valence-corrected chi connectivity index (χ3v) is 1.38. The molecule has 0 aliphatic heterocycles. The van der Waals surface area contributed by atoms with Crippen molar-refractivity contribution >= 4 is 5.71 Å². The Morgan fingerprint density at radius 2 is 1.90 bits per heavy atom. The van der Waals surface area contributed by atoms with Gasteiger partial charge in [-0.25, -0.2) is 0 Å². The van der Waals surface area contributed by atoms with E-state index in [1.54, 1.807) is 0 Å². The van der Waals surface area contributed by atoms with Gasteiger partial charge in [0.25, 0.3) is 0 Å². The first-order chi connectivity index (χ1) is 4.58. The molecule has 0 saturated heterocycles. The van der Waals surface area contributed by atoms with Gasteiger partial charge in [-0.05, 0) is 40.0 Å². The Bertz CT molecular complexity index is 138. The molecule has 0 spiro atoms. The van der Waals surface area contributed by atoms with Crippen LogP contribution in [0.1, 0.15) is 40.0 Å². The Hall–Kier alpha value is -0.530. The van der Waals surface area contributed by atoms with Crippen LogP contribution in [0, 0.1) is 0 Å². The minimum atomic E-state index is -0.122. The minimum Gasteiger partial charge on any atom is -0.390 e. The molecule has 1 fully saturated rings. The molecule has 2 nitrogen and oxygen atoms in total. The summed E-state index contributed by atoms with van der Waals surface area (Å²) in [4.78, 5) is 5.22. The summed E-state index contributed by atoms with van der Waals surface area (Å²) in [6, 6.07) is 0. The van der Waals surface area contributed by atoms with Crippen LogP contribution in [-0.2, 0) is 4.84 Å². The van der Waals surface area contributed by atoms with Crippen LogP contribution in [-0.4, -0.2) is 11.3 Å². The first-order valence-corrected chi connectivity index (χ1v) is 3.82. The third kappa shape index (κ3) is 2.38. The lowest BCUT2D eigenvalue weighted by Crippen LogP contribution is -2.19. The summed E-state index contributed by atoms with van der Waals surface area (Å²) in [6.45, 7) is 6.03. The summed E-state index contributed by atoms with van der Waals surface area (Å²) in [7, 11) is 0. The maximum absolute atomic E-state index is 5.22. The quantitative estimate of drug-likeness (QED) is 0.513. The van der Waals surface area contributed by atoms with Crippen molar-refractivity contribution in [2.45, 2.75) is 45.6 Å². The Balaban J connectivity index is 2.26. The monoisotopic (exact) mass is 141 g/mol. The molecule has 10 heavy (non-hydrogen) atoms. The van der Waals surface area contributed by atoms with Crippen molar-refractivity contribution in [2.24, 2.45) is 5.16 Å². The van der Waals surface area contributed by atoms with Crippen LogP contribution < -0.4 is 0 Å². The van der Waals surface area contributed by atoms with Gasteiger partial charge >= 0.3 is 0 Å². The number of nitrogens with zero attached hydrogens (tertiary/aromatic N) is 1. The molecule has 1 aliphatic carbocycles. The van der Waals surface area contributed by atoms with Crippen molar-refractivity contribution in [2.75, 3.05) is 0 Å². The number of rotatable bonds is 1. The smallest absolute Gasteiger partial charge is 0.129 e. The summed E-state index contributed by atoms with van der Waals surface area (Å²) in [6.07, 6.45) is 3.55. The molecule has 0 bridgehead atoms. The molecule has 0 N–H and O–H groups in total. The van der Waals surface area contributed by atoms with Gasteiger partial charge in [0, 0.05) is 0 Å². The van der Waals surface area contributed by atoms with Crippen molar-refractivity contribution in [3.8, 4) is 0 Å². The number of hydrogen-bond donors (Lipinski definition) is 0. The van der Waals surface area contributed by atoms with Gasteiger partial charge in [0.2, 0.25) is 0 Å². The molecule has 0 atom stereocenters. The van der Waals surface area contributed by atoms with Gasteiger partial charge < -0.3 is 4.84 Å². The predicted octanol–water partition coefficient (Wildman–Crippen LogP) is 2.34. The fourth-order valence-electron chi connectivity index (χ4n) is 0.628. The van der Waals surface area contributed by atoms with Crippen molar-refractivity contribution in [3.05, 3.63) is 0 Å². The predicted molar refractivity (Wildman–Crippen MR) is 42.1 cm³/mol. The summed E-state index contributed by atoms with van der Waals surface area (Å²) in [5.74, 6) is 0. The zero-order chi connectivity index (χ0) is 7.61. The number of oxime groups is 1. The van der Waals surface area contributed by atoms with Gasteiger partial charge in [-0.2, -0.15) is 0 Å². The lowest BCUT2D eigenvalue weighted by atomic mass is 9.98. The molecule has 58 valence electrons. The largest absolute Gasteiger partial charge is 0.390 e.